The van der Waals surface area contributed by atoms with Crippen LogP contribution >= 0.6 is 17.1 Å². The second-order valence-corrected chi connectivity index (χ2v) is 12.4. The smallest absolute Gasteiger partial charge is 0.244 e. The molecule has 0 radical (unpaired) electrons. The molecule has 0 bridgehead atoms. The minimum atomic E-state index is -2.51. The zero-order chi connectivity index (χ0) is 16.5. The third kappa shape index (κ3) is 17.3. The molecule has 1 N–H and O–H groups in total. The first kappa shape index (κ1) is 22.9. The van der Waals surface area contributed by atoms with Crippen LogP contribution in [0.15, 0.2) is 0 Å². The normalized spacial score (nSPS) is 14.1. The molecule has 1 atom stereocenters. The third-order valence-corrected chi connectivity index (χ3v) is 8.31. The van der Waals surface area contributed by atoms with E-state index in [-0.39, 0.29) is 0 Å². The summed E-state index contributed by atoms with van der Waals surface area (Å²) in [5.74, 6) is 0. The zero-order valence-corrected chi connectivity index (χ0v) is 17.3. The molecule has 0 amide bonds. The first-order valence-electron chi connectivity index (χ1n) is 9.15. The van der Waals surface area contributed by atoms with Gasteiger partial charge < -0.3 is 9.42 Å². The summed E-state index contributed by atoms with van der Waals surface area (Å²) in [5.41, 5.74) is -2.51. The molecule has 0 aromatic heterocycles. The summed E-state index contributed by atoms with van der Waals surface area (Å²) >= 11 is 6.22. The van der Waals surface area contributed by atoms with Crippen molar-refractivity contribution in [1.29, 1.82) is 0 Å². The van der Waals surface area contributed by atoms with Gasteiger partial charge in [-0.2, -0.15) is 0 Å². The molecule has 0 aromatic rings. The van der Waals surface area contributed by atoms with Gasteiger partial charge in [0.1, 0.15) is 0 Å². The van der Waals surface area contributed by atoms with Crippen LogP contribution in [-0.2, 0) is 16.3 Å². The summed E-state index contributed by atoms with van der Waals surface area (Å²) in [7, 11) is 0. The Morgan fingerprint density at radius 1 is 0.773 bits per heavy atom. The van der Waals surface area contributed by atoms with Gasteiger partial charge in [0, 0.05) is 0 Å². The molecule has 1 unspecified atom stereocenters. The van der Waals surface area contributed by atoms with E-state index in [1.54, 1.807) is 0 Å². The number of hydrogen-bond donors (Lipinski definition) is 1. The Hall–Kier alpha value is 0.920. The van der Waals surface area contributed by atoms with Crippen molar-refractivity contribution >= 4 is 28.9 Å². The Bertz CT molecular complexity index is 275. The highest BCUT2D eigenvalue weighted by molar-refractivity contribution is 8.67. The van der Waals surface area contributed by atoms with Crippen molar-refractivity contribution in [2.75, 3.05) is 12.9 Å². The monoisotopic (exact) mass is 368 g/mol. The van der Waals surface area contributed by atoms with E-state index < -0.39 is 5.69 Å². The molecule has 0 fully saturated rings. The van der Waals surface area contributed by atoms with E-state index in [2.05, 4.69) is 6.92 Å². The topological polar surface area (TPSA) is 29.5 Å². The van der Waals surface area contributed by atoms with Crippen LogP contribution < -0.4 is 0 Å². The number of unbranched alkanes of at least 4 members (excludes halogenated alkanes) is 13. The van der Waals surface area contributed by atoms with Gasteiger partial charge >= 0.3 is 0 Å². The summed E-state index contributed by atoms with van der Waals surface area (Å²) in [6.45, 7) is 2.89. The second-order valence-electron chi connectivity index (χ2n) is 6.08. The van der Waals surface area contributed by atoms with Crippen molar-refractivity contribution in [1.82, 2.24) is 0 Å². The van der Waals surface area contributed by atoms with Crippen molar-refractivity contribution in [2.24, 2.45) is 0 Å². The fourth-order valence-corrected chi connectivity index (χ4v) is 3.76. The van der Waals surface area contributed by atoms with E-state index in [1.165, 1.54) is 94.9 Å². The van der Waals surface area contributed by atoms with E-state index >= 15 is 0 Å². The molecule has 2 nitrogen and oxygen atoms in total. The van der Waals surface area contributed by atoms with E-state index in [0.29, 0.717) is 6.61 Å². The molecular weight excluding hydrogens is 331 g/mol. The molecule has 0 aromatic carbocycles. The van der Waals surface area contributed by atoms with E-state index in [1.807, 2.05) is 6.26 Å². The lowest BCUT2D eigenvalue weighted by molar-refractivity contribution is 0.307. The van der Waals surface area contributed by atoms with E-state index in [4.69, 9.17) is 16.3 Å². The first-order valence-corrected chi connectivity index (χ1v) is 13.7. The van der Waals surface area contributed by atoms with Gasteiger partial charge in [0.2, 0.25) is 5.69 Å². The van der Waals surface area contributed by atoms with Gasteiger partial charge in [0.25, 0.3) is 0 Å². The Labute approximate surface area is 148 Å². The van der Waals surface area contributed by atoms with Crippen molar-refractivity contribution in [3.05, 3.63) is 0 Å². The maximum absolute atomic E-state index is 9.59. The van der Waals surface area contributed by atoms with Gasteiger partial charge in [-0.3, -0.25) is 0 Å². The minimum Gasteiger partial charge on any atom is -0.337 e. The van der Waals surface area contributed by atoms with Crippen LogP contribution in [0.3, 0.4) is 0 Å². The Kier molecular flexibility index (Phi) is 17.5. The fourth-order valence-electron chi connectivity index (χ4n) is 2.53. The largest absolute Gasteiger partial charge is 0.337 e. The van der Waals surface area contributed by atoms with Crippen LogP contribution in [0.25, 0.3) is 0 Å². The van der Waals surface area contributed by atoms with Gasteiger partial charge in [-0.15, -0.1) is 0 Å². The van der Waals surface area contributed by atoms with E-state index in [9.17, 15) is 4.89 Å². The van der Waals surface area contributed by atoms with Crippen LogP contribution in [0, 0.1) is 0 Å². The highest BCUT2D eigenvalue weighted by Gasteiger charge is 2.09. The molecule has 0 rings (SSSR count). The standard InChI is InChI=1S/C17H37O2PS2/c1-3-4-5-6-7-8-9-10-11-12-13-14-15-16-17-19-20(18,21)22-2/h3-17H2,1-2H3,(H,18,21). The lowest BCUT2D eigenvalue weighted by Crippen LogP contribution is -1.90. The van der Waals surface area contributed by atoms with Gasteiger partial charge in [0.15, 0.2) is 0 Å². The van der Waals surface area contributed by atoms with Crippen LogP contribution in [0.5, 0.6) is 0 Å². The van der Waals surface area contributed by atoms with Gasteiger partial charge in [-0.25, -0.2) is 0 Å². The molecule has 0 aliphatic rings. The van der Waals surface area contributed by atoms with Crippen molar-refractivity contribution in [3.8, 4) is 0 Å². The summed E-state index contributed by atoms with van der Waals surface area (Å²) in [5, 5.41) is 0. The molecule has 134 valence electrons. The molecule has 0 saturated heterocycles. The predicted octanol–water partition coefficient (Wildman–Crippen LogP) is 7.06. The molecule has 0 aliphatic carbocycles. The average Bonchev–Trinajstić information content (AvgIpc) is 2.51. The summed E-state index contributed by atoms with van der Waals surface area (Å²) in [6.07, 6.45) is 20.8. The summed E-state index contributed by atoms with van der Waals surface area (Å²) in [4.78, 5) is 9.59. The molecule has 5 heteroatoms. The molecule has 22 heavy (non-hydrogen) atoms. The number of hydrogen-bond acceptors (Lipinski definition) is 3. The van der Waals surface area contributed by atoms with Crippen molar-refractivity contribution in [2.45, 2.75) is 96.8 Å². The van der Waals surface area contributed by atoms with Crippen molar-refractivity contribution in [3.63, 3.8) is 0 Å². The van der Waals surface area contributed by atoms with Crippen LogP contribution in [0.4, 0.5) is 0 Å². The maximum Gasteiger partial charge on any atom is 0.244 e. The highest BCUT2D eigenvalue weighted by atomic mass is 32.9. The fraction of sp³-hybridized carbons (Fsp3) is 1.00. The zero-order valence-electron chi connectivity index (χ0n) is 14.7. The van der Waals surface area contributed by atoms with Crippen LogP contribution in [-0.4, -0.2) is 17.8 Å². The predicted molar refractivity (Wildman–Crippen MR) is 106 cm³/mol. The second kappa shape index (κ2) is 16.8. The minimum absolute atomic E-state index is 0.618. The average molecular weight is 369 g/mol. The molecule has 0 heterocycles. The third-order valence-electron chi connectivity index (χ3n) is 3.98. The summed E-state index contributed by atoms with van der Waals surface area (Å²) in [6, 6.07) is 0. The van der Waals surface area contributed by atoms with E-state index in [0.717, 1.165) is 6.42 Å². The van der Waals surface area contributed by atoms with Crippen LogP contribution in [0.2, 0.25) is 0 Å². The Morgan fingerprint density at radius 3 is 1.50 bits per heavy atom. The Morgan fingerprint density at radius 2 is 1.14 bits per heavy atom. The SMILES string of the molecule is CCCCCCCCCCCCCCCCOP(O)(=S)SC. The lowest BCUT2D eigenvalue weighted by Gasteiger charge is -2.12. The molecular formula is C17H37O2PS2. The molecule has 0 aliphatic heterocycles. The quantitative estimate of drug-likeness (QED) is 0.220. The first-order chi connectivity index (χ1) is 10.6. The Balaban J connectivity index is 3.07. The van der Waals surface area contributed by atoms with Gasteiger partial charge in [-0.1, -0.05) is 102 Å². The van der Waals surface area contributed by atoms with Gasteiger partial charge in [-0.05, 0) is 24.5 Å². The van der Waals surface area contributed by atoms with Crippen LogP contribution in [0.1, 0.15) is 96.8 Å². The van der Waals surface area contributed by atoms with Gasteiger partial charge in [0.05, 0.1) is 6.61 Å². The lowest BCUT2D eigenvalue weighted by atomic mass is 10.0. The number of rotatable bonds is 17. The highest BCUT2D eigenvalue weighted by Crippen LogP contribution is 2.54. The summed E-state index contributed by atoms with van der Waals surface area (Å²) < 4.78 is 5.33. The molecule has 0 saturated carbocycles. The molecule has 0 spiro atoms. The van der Waals surface area contributed by atoms with Crippen molar-refractivity contribution < 1.29 is 9.42 Å². The maximum atomic E-state index is 9.59.